The number of nitrogens with zero attached hydrogens (tertiary/aromatic N) is 1. The second-order valence-electron chi connectivity index (χ2n) is 5.39. The van der Waals surface area contributed by atoms with Crippen LogP contribution in [0.5, 0.6) is 0 Å². The minimum atomic E-state index is -0.693. The highest BCUT2D eigenvalue weighted by Crippen LogP contribution is 2.28. The lowest BCUT2D eigenvalue weighted by Crippen LogP contribution is -2.69. The molecule has 1 fully saturated rings. The number of rotatable bonds is 4. The summed E-state index contributed by atoms with van der Waals surface area (Å²) in [5, 5.41) is 2.88. The summed E-state index contributed by atoms with van der Waals surface area (Å²) in [4.78, 5) is 26.1. The summed E-state index contributed by atoms with van der Waals surface area (Å²) in [5.74, 6) is 0.0174. The monoisotopic (exact) mass is 240 g/mol. The Balaban J connectivity index is 3.10. The van der Waals surface area contributed by atoms with E-state index in [1.807, 2.05) is 34.6 Å². The van der Waals surface area contributed by atoms with Crippen molar-refractivity contribution in [2.24, 2.45) is 0 Å². The molecule has 0 unspecified atom stereocenters. The standard InChI is InChI=1S/C13H24N2O2/c1-6-12(4,5)15-9-10(16)14-13(7-2,8-3)11(15)17/h6-9H2,1-5H3,(H,14,16). The lowest BCUT2D eigenvalue weighted by molar-refractivity contribution is -0.156. The zero-order chi connectivity index (χ0) is 13.3. The van der Waals surface area contributed by atoms with E-state index in [0.29, 0.717) is 12.8 Å². The predicted octanol–water partition coefficient (Wildman–Crippen LogP) is 1.69. The first-order valence-corrected chi connectivity index (χ1v) is 6.46. The van der Waals surface area contributed by atoms with Crippen LogP contribution in [0.1, 0.15) is 53.9 Å². The van der Waals surface area contributed by atoms with Crippen molar-refractivity contribution in [3.63, 3.8) is 0 Å². The number of hydrogen-bond acceptors (Lipinski definition) is 2. The highest BCUT2D eigenvalue weighted by Gasteiger charge is 2.47. The third-order valence-corrected chi connectivity index (χ3v) is 4.14. The first kappa shape index (κ1) is 14.0. The van der Waals surface area contributed by atoms with Crippen molar-refractivity contribution in [3.05, 3.63) is 0 Å². The molecule has 4 nitrogen and oxygen atoms in total. The van der Waals surface area contributed by atoms with Crippen molar-refractivity contribution in [1.29, 1.82) is 0 Å². The highest BCUT2D eigenvalue weighted by molar-refractivity contribution is 5.98. The van der Waals surface area contributed by atoms with Crippen LogP contribution in [0.25, 0.3) is 0 Å². The zero-order valence-electron chi connectivity index (χ0n) is 11.6. The van der Waals surface area contributed by atoms with Gasteiger partial charge in [0.2, 0.25) is 11.8 Å². The van der Waals surface area contributed by atoms with Gasteiger partial charge in [-0.3, -0.25) is 9.59 Å². The molecule has 1 heterocycles. The van der Waals surface area contributed by atoms with Gasteiger partial charge in [-0.1, -0.05) is 20.8 Å². The van der Waals surface area contributed by atoms with Crippen LogP contribution in [-0.4, -0.2) is 34.3 Å². The lowest BCUT2D eigenvalue weighted by Gasteiger charge is -2.47. The number of carbonyl (C=O) groups is 2. The summed E-state index contributed by atoms with van der Waals surface area (Å²) < 4.78 is 0. The number of piperazine rings is 1. The van der Waals surface area contributed by atoms with Crippen LogP contribution in [0.2, 0.25) is 0 Å². The average molecular weight is 240 g/mol. The molecule has 98 valence electrons. The Labute approximate surface area is 104 Å². The van der Waals surface area contributed by atoms with Crippen LogP contribution in [0.4, 0.5) is 0 Å². The maximum Gasteiger partial charge on any atom is 0.249 e. The number of hydrogen-bond donors (Lipinski definition) is 1. The van der Waals surface area contributed by atoms with E-state index < -0.39 is 5.54 Å². The maximum atomic E-state index is 12.6. The van der Waals surface area contributed by atoms with Crippen LogP contribution in [0.15, 0.2) is 0 Å². The number of nitrogens with one attached hydrogen (secondary N) is 1. The van der Waals surface area contributed by atoms with Crippen molar-refractivity contribution in [2.45, 2.75) is 65.0 Å². The van der Waals surface area contributed by atoms with Crippen LogP contribution in [0.3, 0.4) is 0 Å². The highest BCUT2D eigenvalue weighted by atomic mass is 16.2. The molecule has 1 aliphatic rings. The van der Waals surface area contributed by atoms with Crippen molar-refractivity contribution < 1.29 is 9.59 Å². The van der Waals surface area contributed by atoms with E-state index >= 15 is 0 Å². The van der Waals surface area contributed by atoms with Gasteiger partial charge in [0.1, 0.15) is 12.1 Å². The summed E-state index contributed by atoms with van der Waals surface area (Å²) >= 11 is 0. The summed E-state index contributed by atoms with van der Waals surface area (Å²) in [6.45, 7) is 10.1. The van der Waals surface area contributed by atoms with Crippen LogP contribution in [0, 0.1) is 0 Å². The second-order valence-corrected chi connectivity index (χ2v) is 5.39. The SMILES string of the molecule is CCC1(CC)NC(=O)CN(C(C)(C)CC)C1=O. The van der Waals surface area contributed by atoms with E-state index in [4.69, 9.17) is 0 Å². The lowest BCUT2D eigenvalue weighted by atomic mass is 9.85. The average Bonchev–Trinajstić information content (AvgIpc) is 2.31. The Morgan fingerprint density at radius 3 is 2.18 bits per heavy atom. The number of carbonyl (C=O) groups excluding carboxylic acids is 2. The summed E-state index contributed by atoms with van der Waals surface area (Å²) in [6.07, 6.45) is 2.13. The van der Waals surface area contributed by atoms with Gasteiger partial charge in [0.05, 0.1) is 0 Å². The second kappa shape index (κ2) is 4.67. The largest absolute Gasteiger partial charge is 0.340 e. The summed E-state index contributed by atoms with van der Waals surface area (Å²) in [5.41, 5.74) is -0.952. The molecule has 0 aromatic rings. The number of amides is 2. The van der Waals surface area contributed by atoms with E-state index in [-0.39, 0.29) is 23.9 Å². The van der Waals surface area contributed by atoms with E-state index in [2.05, 4.69) is 5.32 Å². The normalized spacial score (nSPS) is 20.4. The van der Waals surface area contributed by atoms with Crippen molar-refractivity contribution in [1.82, 2.24) is 10.2 Å². The van der Waals surface area contributed by atoms with Gasteiger partial charge in [-0.05, 0) is 33.1 Å². The van der Waals surface area contributed by atoms with Crippen molar-refractivity contribution in [2.75, 3.05) is 6.54 Å². The van der Waals surface area contributed by atoms with Gasteiger partial charge in [0.25, 0.3) is 0 Å². The van der Waals surface area contributed by atoms with Gasteiger partial charge < -0.3 is 10.2 Å². The Kier molecular flexibility index (Phi) is 3.84. The molecular weight excluding hydrogens is 216 g/mol. The minimum absolute atomic E-state index is 0.0465. The molecule has 0 saturated carbocycles. The third kappa shape index (κ3) is 2.31. The van der Waals surface area contributed by atoms with Crippen molar-refractivity contribution in [3.8, 4) is 0 Å². The summed E-state index contributed by atoms with van der Waals surface area (Å²) in [6, 6.07) is 0. The van der Waals surface area contributed by atoms with E-state index in [9.17, 15) is 9.59 Å². The molecule has 0 aromatic carbocycles. The molecule has 0 bridgehead atoms. The van der Waals surface area contributed by atoms with Gasteiger partial charge in [-0.25, -0.2) is 0 Å². The van der Waals surface area contributed by atoms with Gasteiger partial charge in [0.15, 0.2) is 0 Å². The van der Waals surface area contributed by atoms with E-state index in [1.165, 1.54) is 0 Å². The quantitative estimate of drug-likeness (QED) is 0.813. The molecule has 0 atom stereocenters. The summed E-state index contributed by atoms with van der Waals surface area (Å²) in [7, 11) is 0. The Bertz CT molecular complexity index is 319. The molecule has 17 heavy (non-hydrogen) atoms. The third-order valence-electron chi connectivity index (χ3n) is 4.14. The molecule has 1 rings (SSSR count). The molecule has 1 N–H and O–H groups in total. The van der Waals surface area contributed by atoms with Gasteiger partial charge in [-0.15, -0.1) is 0 Å². The molecule has 1 saturated heterocycles. The smallest absolute Gasteiger partial charge is 0.249 e. The Morgan fingerprint density at radius 2 is 1.76 bits per heavy atom. The molecule has 0 aromatic heterocycles. The molecule has 0 aliphatic carbocycles. The zero-order valence-corrected chi connectivity index (χ0v) is 11.6. The molecule has 2 amide bonds. The van der Waals surface area contributed by atoms with Gasteiger partial charge in [0, 0.05) is 5.54 Å². The topological polar surface area (TPSA) is 49.4 Å². The van der Waals surface area contributed by atoms with Crippen LogP contribution in [-0.2, 0) is 9.59 Å². The maximum absolute atomic E-state index is 12.6. The van der Waals surface area contributed by atoms with Gasteiger partial charge >= 0.3 is 0 Å². The fourth-order valence-electron chi connectivity index (χ4n) is 2.24. The first-order valence-electron chi connectivity index (χ1n) is 6.46. The van der Waals surface area contributed by atoms with Gasteiger partial charge in [-0.2, -0.15) is 0 Å². The predicted molar refractivity (Wildman–Crippen MR) is 67.5 cm³/mol. The van der Waals surface area contributed by atoms with Crippen LogP contribution >= 0.6 is 0 Å². The first-order chi connectivity index (χ1) is 7.83. The van der Waals surface area contributed by atoms with Crippen LogP contribution < -0.4 is 5.32 Å². The fraction of sp³-hybridized carbons (Fsp3) is 0.846. The molecule has 0 radical (unpaired) electrons. The molecular formula is C13H24N2O2. The Morgan fingerprint density at radius 1 is 1.24 bits per heavy atom. The fourth-order valence-corrected chi connectivity index (χ4v) is 2.24. The Hall–Kier alpha value is -1.06. The molecule has 4 heteroatoms. The minimum Gasteiger partial charge on any atom is -0.340 e. The van der Waals surface area contributed by atoms with E-state index in [0.717, 1.165) is 6.42 Å². The molecule has 1 aliphatic heterocycles. The van der Waals surface area contributed by atoms with E-state index in [1.54, 1.807) is 4.90 Å². The molecule has 0 spiro atoms. The van der Waals surface area contributed by atoms with Crippen molar-refractivity contribution >= 4 is 11.8 Å².